The second-order valence-corrected chi connectivity index (χ2v) is 9.33. The van der Waals surface area contributed by atoms with E-state index in [-0.39, 0.29) is 29.2 Å². The van der Waals surface area contributed by atoms with Crippen molar-refractivity contribution in [2.45, 2.75) is 32.7 Å². The van der Waals surface area contributed by atoms with Crippen LogP contribution in [-0.2, 0) is 6.42 Å². The number of benzene rings is 2. The molecule has 0 fully saturated rings. The summed E-state index contributed by atoms with van der Waals surface area (Å²) in [5, 5.41) is 14.7. The summed E-state index contributed by atoms with van der Waals surface area (Å²) in [5.41, 5.74) is 4.48. The fourth-order valence-corrected chi connectivity index (χ4v) is 4.71. The Morgan fingerprint density at radius 2 is 1.87 bits per heavy atom. The molecule has 1 atom stereocenters. The average molecular weight is 536 g/mol. The number of rotatable bonds is 6. The van der Waals surface area contributed by atoms with Crippen molar-refractivity contribution in [3.05, 3.63) is 106 Å². The van der Waals surface area contributed by atoms with Gasteiger partial charge in [0.2, 0.25) is 5.82 Å². The standard InChI is InChI=1S/C28H24F3N5O3/c1-17(2)33-23-16-26-19(15-22(23)34-27-25(36(37)38)8-5-13-32-27)14-18-6-3-4-7-24(18)35(26)20-9-11-21(12-10-20)39-28(29,30)31/h3-13,15-17,19H,14H2,1-2H3,(H,32,34). The lowest BCUT2D eigenvalue weighted by atomic mass is 9.84. The third kappa shape index (κ3) is 5.62. The maximum atomic E-state index is 12.7. The first-order valence-electron chi connectivity index (χ1n) is 12.2. The predicted molar refractivity (Wildman–Crippen MR) is 142 cm³/mol. The summed E-state index contributed by atoms with van der Waals surface area (Å²) in [6.45, 7) is 3.84. The average Bonchev–Trinajstić information content (AvgIpc) is 2.87. The highest BCUT2D eigenvalue weighted by atomic mass is 19.4. The van der Waals surface area contributed by atoms with E-state index in [0.717, 1.165) is 16.9 Å². The van der Waals surface area contributed by atoms with Gasteiger partial charge in [0.15, 0.2) is 0 Å². The number of nitrogens with zero attached hydrogens (tertiary/aromatic N) is 4. The number of nitrogens with one attached hydrogen (secondary N) is 1. The number of para-hydroxylation sites is 1. The van der Waals surface area contributed by atoms with Gasteiger partial charge in [0.05, 0.1) is 16.3 Å². The highest BCUT2D eigenvalue weighted by Gasteiger charge is 2.34. The van der Waals surface area contributed by atoms with Crippen LogP contribution in [0.25, 0.3) is 0 Å². The summed E-state index contributed by atoms with van der Waals surface area (Å²) in [4.78, 5) is 22.0. The molecule has 1 N–H and O–H groups in total. The molecule has 39 heavy (non-hydrogen) atoms. The number of pyridine rings is 1. The number of hydrogen-bond donors (Lipinski definition) is 1. The Hall–Kier alpha value is -4.67. The summed E-state index contributed by atoms with van der Waals surface area (Å²) in [5.74, 6) is -0.353. The minimum Gasteiger partial charge on any atom is -0.406 e. The molecule has 3 aromatic rings. The molecule has 11 heteroatoms. The van der Waals surface area contributed by atoms with Crippen LogP contribution in [0.1, 0.15) is 19.4 Å². The van der Waals surface area contributed by atoms with Gasteiger partial charge in [-0.1, -0.05) is 18.2 Å². The summed E-state index contributed by atoms with van der Waals surface area (Å²) in [6.07, 6.45) is 1.23. The Kier molecular flexibility index (Phi) is 6.81. The van der Waals surface area contributed by atoms with E-state index in [1.807, 2.05) is 55.2 Å². The molecule has 0 bridgehead atoms. The molecule has 0 saturated heterocycles. The molecule has 0 radical (unpaired) electrons. The molecule has 0 amide bonds. The maximum absolute atomic E-state index is 12.7. The monoisotopic (exact) mass is 535 g/mol. The van der Waals surface area contributed by atoms with E-state index in [4.69, 9.17) is 4.99 Å². The van der Waals surface area contributed by atoms with Crippen LogP contribution in [0.2, 0.25) is 0 Å². The molecule has 1 aliphatic heterocycles. The number of fused-ring (bicyclic) bond motifs is 2. The molecule has 8 nitrogen and oxygen atoms in total. The van der Waals surface area contributed by atoms with E-state index in [9.17, 15) is 23.3 Å². The summed E-state index contributed by atoms with van der Waals surface area (Å²) < 4.78 is 42.2. The van der Waals surface area contributed by atoms with Crippen molar-refractivity contribution in [1.29, 1.82) is 0 Å². The van der Waals surface area contributed by atoms with E-state index < -0.39 is 11.3 Å². The highest BCUT2D eigenvalue weighted by Crippen LogP contribution is 2.44. The van der Waals surface area contributed by atoms with Crippen molar-refractivity contribution >= 4 is 28.6 Å². The highest BCUT2D eigenvalue weighted by molar-refractivity contribution is 6.12. The SMILES string of the molecule is CC(C)N=C1C=C2C(C=C1Nc1ncccc1[N+](=O)[O-])Cc1ccccc1N2c1ccc(OC(F)(F)F)cc1. The van der Waals surface area contributed by atoms with Gasteiger partial charge in [-0.25, -0.2) is 4.98 Å². The molecule has 2 aromatic carbocycles. The number of anilines is 3. The molecule has 2 heterocycles. The lowest BCUT2D eigenvalue weighted by Crippen LogP contribution is -2.33. The molecule has 2 aliphatic rings. The Bertz CT molecular complexity index is 1500. The number of ether oxygens (including phenoxy) is 1. The van der Waals surface area contributed by atoms with Crippen LogP contribution in [-0.4, -0.2) is 28.0 Å². The summed E-state index contributed by atoms with van der Waals surface area (Å²) >= 11 is 0. The Morgan fingerprint density at radius 3 is 2.56 bits per heavy atom. The van der Waals surface area contributed by atoms with Gasteiger partial charge in [-0.05, 0) is 74.4 Å². The van der Waals surface area contributed by atoms with Crippen LogP contribution in [0.15, 0.2) is 95.4 Å². The maximum Gasteiger partial charge on any atom is 0.573 e. The van der Waals surface area contributed by atoms with Crippen LogP contribution in [0.4, 0.5) is 36.1 Å². The van der Waals surface area contributed by atoms with E-state index in [0.29, 0.717) is 23.5 Å². The topological polar surface area (TPSA) is 92.9 Å². The van der Waals surface area contributed by atoms with E-state index >= 15 is 0 Å². The minimum absolute atomic E-state index is 0.0829. The molecule has 1 unspecified atom stereocenters. The molecule has 1 aliphatic carbocycles. The number of alkyl halides is 3. The Balaban J connectivity index is 1.58. The van der Waals surface area contributed by atoms with Gasteiger partial charge in [0, 0.05) is 41.3 Å². The van der Waals surface area contributed by atoms with Crippen molar-refractivity contribution in [1.82, 2.24) is 4.98 Å². The van der Waals surface area contributed by atoms with Crippen LogP contribution < -0.4 is 15.0 Å². The molecule has 0 spiro atoms. The minimum atomic E-state index is -4.78. The molecule has 5 rings (SSSR count). The van der Waals surface area contributed by atoms with Crippen molar-refractivity contribution in [3.63, 3.8) is 0 Å². The van der Waals surface area contributed by atoms with Gasteiger partial charge >= 0.3 is 12.0 Å². The summed E-state index contributed by atoms with van der Waals surface area (Å²) in [6, 6.07) is 16.3. The first-order valence-corrected chi connectivity index (χ1v) is 12.2. The fraction of sp³-hybridized carbons (Fsp3) is 0.214. The molecule has 200 valence electrons. The van der Waals surface area contributed by atoms with Crippen molar-refractivity contribution in [2.24, 2.45) is 10.9 Å². The lowest BCUT2D eigenvalue weighted by molar-refractivity contribution is -0.384. The lowest BCUT2D eigenvalue weighted by Gasteiger charge is -2.40. The summed E-state index contributed by atoms with van der Waals surface area (Å²) in [7, 11) is 0. The van der Waals surface area contributed by atoms with E-state index in [2.05, 4.69) is 15.0 Å². The van der Waals surface area contributed by atoms with Crippen molar-refractivity contribution in [2.75, 3.05) is 10.2 Å². The van der Waals surface area contributed by atoms with Crippen LogP contribution >= 0.6 is 0 Å². The van der Waals surface area contributed by atoms with Gasteiger partial charge in [0.25, 0.3) is 0 Å². The van der Waals surface area contributed by atoms with Crippen LogP contribution in [0.5, 0.6) is 5.75 Å². The zero-order valence-electron chi connectivity index (χ0n) is 21.0. The smallest absolute Gasteiger partial charge is 0.406 e. The molecule has 0 saturated carbocycles. The zero-order chi connectivity index (χ0) is 27.7. The number of aliphatic imine (C=N–C) groups is 1. The van der Waals surface area contributed by atoms with Crippen LogP contribution in [0, 0.1) is 16.0 Å². The number of hydrogen-bond acceptors (Lipinski definition) is 7. The number of aromatic nitrogens is 1. The predicted octanol–water partition coefficient (Wildman–Crippen LogP) is 6.94. The fourth-order valence-electron chi connectivity index (χ4n) is 4.71. The van der Waals surface area contributed by atoms with Crippen molar-refractivity contribution < 1.29 is 22.8 Å². The van der Waals surface area contributed by atoms with Crippen molar-refractivity contribution in [3.8, 4) is 5.75 Å². The third-order valence-corrected chi connectivity index (χ3v) is 6.20. The van der Waals surface area contributed by atoms with Gasteiger partial charge < -0.3 is 15.0 Å². The van der Waals surface area contributed by atoms with Gasteiger partial charge in [-0.15, -0.1) is 13.2 Å². The van der Waals surface area contributed by atoms with E-state index in [1.54, 1.807) is 12.1 Å². The largest absolute Gasteiger partial charge is 0.573 e. The second-order valence-electron chi connectivity index (χ2n) is 9.33. The quantitative estimate of drug-likeness (QED) is 0.271. The molecule has 1 aromatic heterocycles. The Morgan fingerprint density at radius 1 is 1.13 bits per heavy atom. The molecular weight excluding hydrogens is 511 g/mol. The third-order valence-electron chi connectivity index (χ3n) is 6.20. The normalized spacial score (nSPS) is 17.7. The first kappa shape index (κ1) is 26.0. The molecular formula is C28H24F3N5O3. The van der Waals surface area contributed by atoms with Gasteiger partial charge in [-0.3, -0.25) is 15.1 Å². The number of halogens is 3. The number of nitro groups is 1. The second kappa shape index (κ2) is 10.2. The first-order chi connectivity index (χ1) is 18.6. The number of allylic oxidation sites excluding steroid dienone is 2. The Labute approximate surface area is 222 Å². The van der Waals surface area contributed by atoms with E-state index in [1.165, 1.54) is 30.5 Å². The van der Waals surface area contributed by atoms with Gasteiger partial charge in [0.1, 0.15) is 5.75 Å². The van der Waals surface area contributed by atoms with Gasteiger partial charge in [-0.2, -0.15) is 0 Å². The zero-order valence-corrected chi connectivity index (χ0v) is 21.0. The van der Waals surface area contributed by atoms with Crippen LogP contribution in [0.3, 0.4) is 0 Å².